The third-order valence-electron chi connectivity index (χ3n) is 4.78. The van der Waals surface area contributed by atoms with Crippen LogP contribution in [0.5, 0.6) is 0 Å². The van der Waals surface area contributed by atoms with Gasteiger partial charge in [-0.25, -0.2) is 0 Å². The Bertz CT molecular complexity index is 673. The van der Waals surface area contributed by atoms with Crippen LogP contribution >= 0.6 is 23.4 Å². The van der Waals surface area contributed by atoms with E-state index in [9.17, 15) is 9.59 Å². The lowest BCUT2D eigenvalue weighted by molar-refractivity contribution is -0.134. The van der Waals surface area contributed by atoms with E-state index in [-0.39, 0.29) is 24.3 Å². The summed E-state index contributed by atoms with van der Waals surface area (Å²) in [6, 6.07) is 5.71. The van der Waals surface area contributed by atoms with Gasteiger partial charge in [-0.05, 0) is 31.0 Å². The number of benzene rings is 1. The summed E-state index contributed by atoms with van der Waals surface area (Å²) >= 11 is 7.42. The minimum Gasteiger partial charge on any atom is -0.336 e. The first-order valence-electron chi connectivity index (χ1n) is 8.76. The van der Waals surface area contributed by atoms with E-state index in [0.29, 0.717) is 11.6 Å². The predicted octanol–water partition coefficient (Wildman–Crippen LogP) is 4.49. The van der Waals surface area contributed by atoms with E-state index in [4.69, 9.17) is 11.6 Å². The molecule has 0 spiro atoms. The Labute approximate surface area is 158 Å². The van der Waals surface area contributed by atoms with E-state index in [1.807, 2.05) is 11.0 Å². The largest absolute Gasteiger partial charge is 0.336 e. The van der Waals surface area contributed by atoms with Crippen molar-refractivity contribution < 1.29 is 9.59 Å². The summed E-state index contributed by atoms with van der Waals surface area (Å²) in [7, 11) is 0. The predicted molar refractivity (Wildman–Crippen MR) is 103 cm³/mol. The molecule has 134 valence electrons. The molecule has 1 N–H and O–H groups in total. The lowest BCUT2D eigenvalue weighted by atomic mass is 9.94. The summed E-state index contributed by atoms with van der Waals surface area (Å²) in [5.74, 6) is -0.0906. The number of rotatable bonds is 5. The second-order valence-electron chi connectivity index (χ2n) is 6.57. The first-order chi connectivity index (χ1) is 12.1. The Morgan fingerprint density at radius 3 is 2.84 bits per heavy atom. The van der Waals surface area contributed by atoms with Gasteiger partial charge in [0.15, 0.2) is 0 Å². The summed E-state index contributed by atoms with van der Waals surface area (Å²) in [6.07, 6.45) is 7.65. The van der Waals surface area contributed by atoms with Gasteiger partial charge < -0.3 is 10.2 Å². The number of hydrogen-bond donors (Lipinski definition) is 1. The van der Waals surface area contributed by atoms with E-state index in [1.54, 1.807) is 18.2 Å². The molecule has 4 nitrogen and oxygen atoms in total. The Morgan fingerprint density at radius 2 is 2.12 bits per heavy atom. The number of carbonyl (C=O) groups is 2. The molecule has 1 unspecified atom stereocenters. The molecule has 0 bridgehead atoms. The van der Waals surface area contributed by atoms with Gasteiger partial charge >= 0.3 is 0 Å². The normalized spacial score (nSPS) is 20.5. The SMILES string of the molecule is C=CCN(C(=O)CC1Sc2ccc(Cl)cc2NC1=O)C1CCCCC1. The van der Waals surface area contributed by atoms with E-state index in [1.165, 1.54) is 31.0 Å². The van der Waals surface area contributed by atoms with Gasteiger partial charge in [-0.15, -0.1) is 18.3 Å². The molecule has 0 aromatic heterocycles. The molecule has 2 aliphatic rings. The maximum absolute atomic E-state index is 12.9. The summed E-state index contributed by atoms with van der Waals surface area (Å²) in [5, 5.41) is 3.05. The first-order valence-corrected chi connectivity index (χ1v) is 10.0. The molecule has 0 radical (unpaired) electrons. The number of thioether (sulfide) groups is 1. The molecule has 25 heavy (non-hydrogen) atoms. The topological polar surface area (TPSA) is 49.4 Å². The number of nitrogens with zero attached hydrogens (tertiary/aromatic N) is 1. The number of hydrogen-bond acceptors (Lipinski definition) is 3. The van der Waals surface area contributed by atoms with Crippen molar-refractivity contribution >= 4 is 40.9 Å². The zero-order chi connectivity index (χ0) is 17.8. The van der Waals surface area contributed by atoms with E-state index < -0.39 is 5.25 Å². The van der Waals surface area contributed by atoms with E-state index in [2.05, 4.69) is 11.9 Å². The Balaban J connectivity index is 1.69. The zero-order valence-electron chi connectivity index (χ0n) is 14.2. The Hall–Kier alpha value is -1.46. The van der Waals surface area contributed by atoms with Crippen molar-refractivity contribution in [1.29, 1.82) is 0 Å². The van der Waals surface area contributed by atoms with Gasteiger partial charge in [0, 0.05) is 28.9 Å². The van der Waals surface area contributed by atoms with Gasteiger partial charge in [0.2, 0.25) is 11.8 Å². The quantitative estimate of drug-likeness (QED) is 0.768. The minimum atomic E-state index is -0.405. The maximum atomic E-state index is 12.9. The van der Waals surface area contributed by atoms with Crippen LogP contribution in [0.4, 0.5) is 5.69 Å². The molecule has 2 amide bonds. The van der Waals surface area contributed by atoms with Crippen LogP contribution in [0.15, 0.2) is 35.7 Å². The minimum absolute atomic E-state index is 0.0388. The van der Waals surface area contributed by atoms with Gasteiger partial charge in [-0.3, -0.25) is 9.59 Å². The standard InChI is InChI=1S/C19H23ClN2O2S/c1-2-10-22(14-6-4-3-5-7-14)18(23)12-17-19(24)21-15-11-13(20)8-9-16(15)25-17/h2,8-9,11,14,17H,1,3-7,10,12H2,(H,21,24). The Kier molecular flexibility index (Phi) is 6.07. The van der Waals surface area contributed by atoms with Gasteiger partial charge in [0.1, 0.15) is 0 Å². The molecule has 3 rings (SSSR count). The fourth-order valence-electron chi connectivity index (χ4n) is 3.52. The lowest BCUT2D eigenvalue weighted by Crippen LogP contribution is -2.44. The summed E-state index contributed by atoms with van der Waals surface area (Å²) < 4.78 is 0. The van der Waals surface area contributed by atoms with Crippen LogP contribution < -0.4 is 5.32 Å². The molecule has 1 heterocycles. The smallest absolute Gasteiger partial charge is 0.238 e. The molecule has 1 atom stereocenters. The summed E-state index contributed by atoms with van der Waals surface area (Å²) in [6.45, 7) is 4.34. The number of anilines is 1. The third-order valence-corrected chi connectivity index (χ3v) is 6.29. The van der Waals surface area contributed by atoms with Crippen molar-refractivity contribution in [3.05, 3.63) is 35.9 Å². The zero-order valence-corrected chi connectivity index (χ0v) is 15.7. The van der Waals surface area contributed by atoms with Crippen LogP contribution in [0.2, 0.25) is 5.02 Å². The van der Waals surface area contributed by atoms with Crippen molar-refractivity contribution in [2.45, 2.75) is 54.7 Å². The molecular formula is C19H23ClN2O2S. The fourth-order valence-corrected chi connectivity index (χ4v) is 4.77. The molecular weight excluding hydrogens is 356 g/mol. The monoisotopic (exact) mass is 378 g/mol. The van der Waals surface area contributed by atoms with Crippen LogP contribution in [0, 0.1) is 0 Å². The van der Waals surface area contributed by atoms with E-state index in [0.717, 1.165) is 23.4 Å². The van der Waals surface area contributed by atoms with E-state index >= 15 is 0 Å². The van der Waals surface area contributed by atoms with Crippen molar-refractivity contribution in [2.24, 2.45) is 0 Å². The fraction of sp³-hybridized carbons (Fsp3) is 0.474. The highest BCUT2D eigenvalue weighted by Crippen LogP contribution is 2.38. The number of carbonyl (C=O) groups excluding carboxylic acids is 2. The molecule has 1 aliphatic carbocycles. The molecule has 1 aromatic rings. The maximum Gasteiger partial charge on any atom is 0.238 e. The van der Waals surface area contributed by atoms with Crippen LogP contribution in [0.1, 0.15) is 38.5 Å². The van der Waals surface area contributed by atoms with Gasteiger partial charge in [-0.1, -0.05) is 36.9 Å². The molecule has 0 saturated heterocycles. The first kappa shape index (κ1) is 18.3. The highest BCUT2D eigenvalue weighted by Gasteiger charge is 2.32. The average Bonchev–Trinajstić information content (AvgIpc) is 2.61. The van der Waals surface area contributed by atoms with Crippen LogP contribution in [0.25, 0.3) is 0 Å². The van der Waals surface area contributed by atoms with Crippen LogP contribution in [-0.4, -0.2) is 34.6 Å². The molecule has 6 heteroatoms. The van der Waals surface area contributed by atoms with Gasteiger partial charge in [-0.2, -0.15) is 0 Å². The molecule has 1 fully saturated rings. The van der Waals surface area contributed by atoms with Crippen LogP contribution in [-0.2, 0) is 9.59 Å². The van der Waals surface area contributed by atoms with Gasteiger partial charge in [0.05, 0.1) is 10.9 Å². The molecule has 1 saturated carbocycles. The second-order valence-corrected chi connectivity index (χ2v) is 8.25. The second kappa shape index (κ2) is 8.28. The number of halogens is 1. The number of amides is 2. The highest BCUT2D eigenvalue weighted by atomic mass is 35.5. The average molecular weight is 379 g/mol. The summed E-state index contributed by atoms with van der Waals surface area (Å²) in [4.78, 5) is 28.1. The number of fused-ring (bicyclic) bond motifs is 1. The molecule has 1 aromatic carbocycles. The van der Waals surface area contributed by atoms with Crippen molar-refractivity contribution in [2.75, 3.05) is 11.9 Å². The molecule has 1 aliphatic heterocycles. The van der Waals surface area contributed by atoms with Crippen molar-refractivity contribution in [3.8, 4) is 0 Å². The van der Waals surface area contributed by atoms with Crippen LogP contribution in [0.3, 0.4) is 0 Å². The lowest BCUT2D eigenvalue weighted by Gasteiger charge is -2.35. The highest BCUT2D eigenvalue weighted by molar-refractivity contribution is 8.01. The Morgan fingerprint density at radius 1 is 1.36 bits per heavy atom. The third kappa shape index (κ3) is 4.39. The number of nitrogens with one attached hydrogen (secondary N) is 1. The van der Waals surface area contributed by atoms with Crippen molar-refractivity contribution in [3.63, 3.8) is 0 Å². The summed E-state index contributed by atoms with van der Waals surface area (Å²) in [5.41, 5.74) is 0.724. The van der Waals surface area contributed by atoms with Gasteiger partial charge in [0.25, 0.3) is 0 Å². The van der Waals surface area contributed by atoms with Crippen molar-refractivity contribution in [1.82, 2.24) is 4.90 Å².